The van der Waals surface area contributed by atoms with E-state index >= 15 is 0 Å². The molecule has 0 atom stereocenters. The van der Waals surface area contributed by atoms with E-state index in [0.717, 1.165) is 18.4 Å². The number of carbonyl (C=O) groups is 1. The van der Waals surface area contributed by atoms with Crippen LogP contribution >= 0.6 is 0 Å². The largest absolute Gasteiger partial charge is 0.462 e. The second kappa shape index (κ2) is 7.88. The van der Waals surface area contributed by atoms with Crippen LogP contribution in [0.1, 0.15) is 54.9 Å². The van der Waals surface area contributed by atoms with Crippen molar-refractivity contribution in [1.29, 1.82) is 0 Å². The van der Waals surface area contributed by atoms with E-state index in [4.69, 9.17) is 4.74 Å². The van der Waals surface area contributed by atoms with Gasteiger partial charge in [-0.05, 0) is 25.5 Å². The van der Waals surface area contributed by atoms with Crippen LogP contribution in [0.25, 0.3) is 0 Å². The minimum Gasteiger partial charge on any atom is -0.462 e. The van der Waals surface area contributed by atoms with E-state index in [2.05, 4.69) is 6.92 Å². The molecule has 0 aromatic heterocycles. The second-order valence-electron chi connectivity index (χ2n) is 4.42. The minimum absolute atomic E-state index is 0.204. The molecule has 0 amide bonds. The van der Waals surface area contributed by atoms with E-state index in [1.54, 1.807) is 6.07 Å². The third-order valence-corrected chi connectivity index (χ3v) is 2.73. The Morgan fingerprint density at radius 2 is 1.94 bits per heavy atom. The van der Waals surface area contributed by atoms with Gasteiger partial charge in [0.15, 0.2) is 0 Å². The van der Waals surface area contributed by atoms with Gasteiger partial charge in [-0.2, -0.15) is 0 Å². The quantitative estimate of drug-likeness (QED) is 0.524. The molecule has 0 unspecified atom stereocenters. The van der Waals surface area contributed by atoms with E-state index in [-0.39, 0.29) is 5.97 Å². The molecule has 2 heteroatoms. The van der Waals surface area contributed by atoms with Crippen LogP contribution in [0, 0.1) is 6.92 Å². The Kier molecular flexibility index (Phi) is 6.38. The highest BCUT2D eigenvalue weighted by Gasteiger charge is 2.05. The van der Waals surface area contributed by atoms with Gasteiger partial charge in [0.25, 0.3) is 0 Å². The molecule has 0 spiro atoms. The molecule has 0 saturated carbocycles. The highest BCUT2D eigenvalue weighted by atomic mass is 16.5. The average molecular weight is 234 g/mol. The Labute approximate surface area is 104 Å². The monoisotopic (exact) mass is 234 g/mol. The standard InChI is InChI=1S/C15H22O2/c1-3-4-5-6-7-11-17-15(16)14-10-8-9-13(2)12-14/h8-10,12H,3-7,11H2,1-2H3. The van der Waals surface area contributed by atoms with Crippen molar-refractivity contribution in [3.8, 4) is 0 Å². The van der Waals surface area contributed by atoms with Gasteiger partial charge in [-0.3, -0.25) is 0 Å². The van der Waals surface area contributed by atoms with E-state index < -0.39 is 0 Å². The zero-order valence-corrected chi connectivity index (χ0v) is 10.9. The van der Waals surface area contributed by atoms with E-state index in [0.29, 0.717) is 12.2 Å². The first-order valence-corrected chi connectivity index (χ1v) is 6.48. The van der Waals surface area contributed by atoms with Crippen molar-refractivity contribution in [2.45, 2.75) is 46.0 Å². The molecular weight excluding hydrogens is 212 g/mol. The van der Waals surface area contributed by atoms with Crippen LogP contribution in [0.2, 0.25) is 0 Å². The smallest absolute Gasteiger partial charge is 0.338 e. The molecule has 0 bridgehead atoms. The Morgan fingerprint density at radius 3 is 2.65 bits per heavy atom. The Bertz CT molecular complexity index is 345. The summed E-state index contributed by atoms with van der Waals surface area (Å²) in [6, 6.07) is 7.51. The zero-order chi connectivity index (χ0) is 12.5. The third kappa shape index (κ3) is 5.53. The van der Waals surface area contributed by atoms with Gasteiger partial charge >= 0.3 is 5.97 Å². The van der Waals surface area contributed by atoms with Crippen LogP contribution in [0.3, 0.4) is 0 Å². The molecule has 0 aliphatic carbocycles. The summed E-state index contributed by atoms with van der Waals surface area (Å²) < 4.78 is 5.22. The number of carbonyl (C=O) groups excluding carboxylic acids is 1. The van der Waals surface area contributed by atoms with Gasteiger partial charge in [-0.15, -0.1) is 0 Å². The summed E-state index contributed by atoms with van der Waals surface area (Å²) in [5.41, 5.74) is 1.74. The summed E-state index contributed by atoms with van der Waals surface area (Å²) in [5, 5.41) is 0. The first-order chi connectivity index (χ1) is 8.24. The molecule has 0 aliphatic rings. The molecule has 1 aromatic rings. The minimum atomic E-state index is -0.204. The van der Waals surface area contributed by atoms with E-state index in [1.807, 2.05) is 25.1 Å². The number of hydrogen-bond acceptors (Lipinski definition) is 2. The van der Waals surface area contributed by atoms with Crippen molar-refractivity contribution >= 4 is 5.97 Å². The number of hydrogen-bond donors (Lipinski definition) is 0. The SMILES string of the molecule is CCCCCCCOC(=O)c1cccc(C)c1. The number of esters is 1. The number of aryl methyl sites for hydroxylation is 1. The van der Waals surface area contributed by atoms with Gasteiger partial charge < -0.3 is 4.74 Å². The number of benzene rings is 1. The van der Waals surface area contributed by atoms with Crippen molar-refractivity contribution in [2.75, 3.05) is 6.61 Å². The number of ether oxygens (including phenoxy) is 1. The predicted octanol–water partition coefficient (Wildman–Crippen LogP) is 4.12. The van der Waals surface area contributed by atoms with Crippen molar-refractivity contribution < 1.29 is 9.53 Å². The van der Waals surface area contributed by atoms with E-state index in [1.165, 1.54) is 19.3 Å². The Morgan fingerprint density at radius 1 is 1.18 bits per heavy atom. The fourth-order valence-electron chi connectivity index (χ4n) is 1.73. The predicted molar refractivity (Wildman–Crippen MR) is 70.2 cm³/mol. The van der Waals surface area contributed by atoms with Gasteiger partial charge in [0.05, 0.1) is 12.2 Å². The van der Waals surface area contributed by atoms with Crippen molar-refractivity contribution in [2.24, 2.45) is 0 Å². The molecule has 17 heavy (non-hydrogen) atoms. The van der Waals surface area contributed by atoms with Crippen molar-refractivity contribution in [1.82, 2.24) is 0 Å². The summed E-state index contributed by atoms with van der Waals surface area (Å²) in [6.07, 6.45) is 5.86. The molecular formula is C15H22O2. The lowest BCUT2D eigenvalue weighted by atomic mass is 10.1. The molecule has 1 rings (SSSR count). The molecule has 0 aliphatic heterocycles. The molecule has 0 saturated heterocycles. The van der Waals surface area contributed by atoms with Crippen LogP contribution in [-0.2, 0) is 4.74 Å². The maximum atomic E-state index is 11.7. The third-order valence-electron chi connectivity index (χ3n) is 2.73. The first-order valence-electron chi connectivity index (χ1n) is 6.48. The lowest BCUT2D eigenvalue weighted by molar-refractivity contribution is 0.0497. The Balaban J connectivity index is 2.21. The maximum Gasteiger partial charge on any atom is 0.338 e. The molecule has 1 aromatic carbocycles. The van der Waals surface area contributed by atoms with Crippen molar-refractivity contribution in [3.05, 3.63) is 35.4 Å². The Hall–Kier alpha value is -1.31. The highest BCUT2D eigenvalue weighted by Crippen LogP contribution is 2.07. The van der Waals surface area contributed by atoms with Gasteiger partial charge in [-0.1, -0.05) is 50.3 Å². The van der Waals surface area contributed by atoms with Gasteiger partial charge in [0.2, 0.25) is 0 Å². The van der Waals surface area contributed by atoms with Gasteiger partial charge in [0, 0.05) is 0 Å². The molecule has 0 N–H and O–H groups in total. The van der Waals surface area contributed by atoms with Crippen LogP contribution in [0.5, 0.6) is 0 Å². The molecule has 0 fully saturated rings. The average Bonchev–Trinajstić information content (AvgIpc) is 2.33. The number of rotatable bonds is 7. The van der Waals surface area contributed by atoms with Gasteiger partial charge in [-0.25, -0.2) is 4.79 Å². The molecule has 0 heterocycles. The number of unbranched alkanes of at least 4 members (excludes halogenated alkanes) is 4. The van der Waals surface area contributed by atoms with Crippen LogP contribution < -0.4 is 0 Å². The lowest BCUT2D eigenvalue weighted by Crippen LogP contribution is -2.06. The summed E-state index contributed by atoms with van der Waals surface area (Å²) in [7, 11) is 0. The maximum absolute atomic E-state index is 11.7. The van der Waals surface area contributed by atoms with Crippen molar-refractivity contribution in [3.63, 3.8) is 0 Å². The highest BCUT2D eigenvalue weighted by molar-refractivity contribution is 5.89. The van der Waals surface area contributed by atoms with E-state index in [9.17, 15) is 4.79 Å². The topological polar surface area (TPSA) is 26.3 Å². The van der Waals surface area contributed by atoms with Crippen LogP contribution in [0.15, 0.2) is 24.3 Å². The lowest BCUT2D eigenvalue weighted by Gasteiger charge is -2.05. The molecule has 0 radical (unpaired) electrons. The summed E-state index contributed by atoms with van der Waals surface area (Å²) >= 11 is 0. The van der Waals surface area contributed by atoms with Gasteiger partial charge in [0.1, 0.15) is 0 Å². The molecule has 94 valence electrons. The fraction of sp³-hybridized carbons (Fsp3) is 0.533. The molecule has 2 nitrogen and oxygen atoms in total. The van der Waals surface area contributed by atoms with Crippen LogP contribution in [0.4, 0.5) is 0 Å². The van der Waals surface area contributed by atoms with Crippen LogP contribution in [-0.4, -0.2) is 12.6 Å². The summed E-state index contributed by atoms with van der Waals surface area (Å²) in [4.78, 5) is 11.7. The summed E-state index contributed by atoms with van der Waals surface area (Å²) in [5.74, 6) is -0.204. The normalized spacial score (nSPS) is 10.2. The summed E-state index contributed by atoms with van der Waals surface area (Å²) in [6.45, 7) is 4.70. The first kappa shape index (κ1) is 13.8. The second-order valence-corrected chi connectivity index (χ2v) is 4.42. The zero-order valence-electron chi connectivity index (χ0n) is 10.9. The fourth-order valence-corrected chi connectivity index (χ4v) is 1.73.